The number of ether oxygens (including phenoxy) is 1. The lowest BCUT2D eigenvalue weighted by Gasteiger charge is -2.31. The van der Waals surface area contributed by atoms with Gasteiger partial charge >= 0.3 is 5.97 Å². The molecular formula is C14H15NO4. The van der Waals surface area contributed by atoms with Gasteiger partial charge in [-0.2, -0.15) is 0 Å². The van der Waals surface area contributed by atoms with E-state index in [9.17, 15) is 14.7 Å². The van der Waals surface area contributed by atoms with Crippen LogP contribution in [0.2, 0.25) is 0 Å². The minimum absolute atomic E-state index is 0.251. The van der Waals surface area contributed by atoms with Crippen LogP contribution in [0.15, 0.2) is 24.3 Å². The lowest BCUT2D eigenvalue weighted by molar-refractivity contribution is -0.157. The van der Waals surface area contributed by atoms with Crippen molar-refractivity contribution in [2.24, 2.45) is 0 Å². The first-order valence-corrected chi connectivity index (χ1v) is 6.41. The van der Waals surface area contributed by atoms with E-state index in [2.05, 4.69) is 0 Å². The summed E-state index contributed by atoms with van der Waals surface area (Å²) < 4.78 is 5.14. The molecule has 3 rings (SSSR count). The number of rotatable bonds is 2. The van der Waals surface area contributed by atoms with E-state index in [1.165, 1.54) is 4.90 Å². The highest BCUT2D eigenvalue weighted by atomic mass is 16.5. The van der Waals surface area contributed by atoms with E-state index in [0.717, 1.165) is 0 Å². The minimum Gasteiger partial charge on any atom is -0.464 e. The van der Waals surface area contributed by atoms with Crippen LogP contribution in [0.25, 0.3) is 0 Å². The van der Waals surface area contributed by atoms with Gasteiger partial charge in [0.1, 0.15) is 6.23 Å². The van der Waals surface area contributed by atoms with Gasteiger partial charge in [0.25, 0.3) is 5.91 Å². The molecule has 2 aliphatic heterocycles. The fourth-order valence-corrected chi connectivity index (χ4v) is 3.14. The molecule has 1 N–H and O–H groups in total. The third-order valence-corrected chi connectivity index (χ3v) is 3.91. The summed E-state index contributed by atoms with van der Waals surface area (Å²) in [6, 6.07) is 7.00. The summed E-state index contributed by atoms with van der Waals surface area (Å²) in [5.41, 5.74) is -0.00683. The van der Waals surface area contributed by atoms with Crippen LogP contribution in [0.1, 0.15) is 35.7 Å². The molecule has 0 radical (unpaired) electrons. The molecule has 2 unspecified atom stereocenters. The molecule has 0 aromatic heterocycles. The van der Waals surface area contributed by atoms with E-state index >= 15 is 0 Å². The van der Waals surface area contributed by atoms with Crippen molar-refractivity contribution < 1.29 is 19.4 Å². The van der Waals surface area contributed by atoms with Crippen LogP contribution >= 0.6 is 0 Å². The lowest BCUT2D eigenvalue weighted by Crippen LogP contribution is -2.49. The molecule has 0 bridgehead atoms. The van der Waals surface area contributed by atoms with Gasteiger partial charge in [-0.15, -0.1) is 0 Å². The van der Waals surface area contributed by atoms with Gasteiger partial charge in [-0.1, -0.05) is 18.2 Å². The zero-order valence-electron chi connectivity index (χ0n) is 10.6. The Morgan fingerprint density at radius 1 is 1.53 bits per heavy atom. The summed E-state index contributed by atoms with van der Waals surface area (Å²) in [5.74, 6) is -0.751. The second-order valence-electron chi connectivity index (χ2n) is 4.82. The Morgan fingerprint density at radius 3 is 3.00 bits per heavy atom. The van der Waals surface area contributed by atoms with Crippen LogP contribution in [-0.2, 0) is 15.1 Å². The average molecular weight is 261 g/mol. The van der Waals surface area contributed by atoms with Crippen molar-refractivity contribution in [2.45, 2.75) is 31.5 Å². The zero-order valence-corrected chi connectivity index (χ0v) is 10.6. The molecule has 5 nitrogen and oxygen atoms in total. The van der Waals surface area contributed by atoms with Crippen molar-refractivity contribution >= 4 is 11.9 Å². The van der Waals surface area contributed by atoms with Gasteiger partial charge in [-0.05, 0) is 25.8 Å². The highest BCUT2D eigenvalue weighted by Crippen LogP contribution is 2.49. The summed E-state index contributed by atoms with van der Waals surface area (Å²) in [7, 11) is 0. The monoisotopic (exact) mass is 261 g/mol. The van der Waals surface area contributed by atoms with Crippen molar-refractivity contribution in [3.05, 3.63) is 35.4 Å². The van der Waals surface area contributed by atoms with Crippen LogP contribution in [-0.4, -0.2) is 34.7 Å². The van der Waals surface area contributed by atoms with Gasteiger partial charge in [-0.3, -0.25) is 9.69 Å². The van der Waals surface area contributed by atoms with Gasteiger partial charge < -0.3 is 9.84 Å². The normalized spacial score (nSPS) is 28.2. The van der Waals surface area contributed by atoms with Gasteiger partial charge in [0.2, 0.25) is 0 Å². The zero-order chi connectivity index (χ0) is 13.6. The van der Waals surface area contributed by atoms with Gasteiger partial charge in [0.15, 0.2) is 5.54 Å². The molecule has 100 valence electrons. The van der Waals surface area contributed by atoms with E-state index in [1.54, 1.807) is 31.2 Å². The summed E-state index contributed by atoms with van der Waals surface area (Å²) in [5, 5.41) is 10.0. The number of benzene rings is 1. The van der Waals surface area contributed by atoms with Crippen molar-refractivity contribution in [3.8, 4) is 0 Å². The number of fused-ring (bicyclic) bond motifs is 3. The molecule has 19 heavy (non-hydrogen) atoms. The number of carbonyl (C=O) groups is 2. The average Bonchev–Trinajstić information content (AvgIpc) is 2.88. The molecule has 0 aliphatic carbocycles. The Hall–Kier alpha value is -1.88. The van der Waals surface area contributed by atoms with Gasteiger partial charge in [-0.25, -0.2) is 4.79 Å². The number of aliphatic hydroxyl groups excluding tert-OH is 1. The molecule has 1 fully saturated rings. The van der Waals surface area contributed by atoms with Crippen molar-refractivity contribution in [2.75, 3.05) is 6.61 Å². The number of aliphatic hydroxyl groups is 1. The van der Waals surface area contributed by atoms with Gasteiger partial charge in [0, 0.05) is 11.1 Å². The predicted molar refractivity (Wildman–Crippen MR) is 66.2 cm³/mol. The van der Waals surface area contributed by atoms with Crippen LogP contribution in [0.3, 0.4) is 0 Å². The first kappa shape index (κ1) is 12.2. The molecule has 2 heterocycles. The Balaban J connectivity index is 2.19. The highest BCUT2D eigenvalue weighted by molar-refractivity contribution is 6.06. The fourth-order valence-electron chi connectivity index (χ4n) is 3.14. The second kappa shape index (κ2) is 4.06. The maximum Gasteiger partial charge on any atom is 0.336 e. The molecule has 2 aliphatic rings. The van der Waals surface area contributed by atoms with E-state index in [0.29, 0.717) is 24.0 Å². The Morgan fingerprint density at radius 2 is 2.26 bits per heavy atom. The molecule has 1 saturated heterocycles. The molecule has 1 amide bonds. The van der Waals surface area contributed by atoms with Crippen LogP contribution in [0.4, 0.5) is 0 Å². The van der Waals surface area contributed by atoms with Crippen molar-refractivity contribution in [1.29, 1.82) is 0 Å². The summed E-state index contributed by atoms with van der Waals surface area (Å²) in [6.45, 7) is 1.98. The molecule has 0 saturated carbocycles. The number of nitrogens with zero attached hydrogens (tertiary/aromatic N) is 1. The number of hydrogen-bond donors (Lipinski definition) is 1. The molecular weight excluding hydrogens is 246 g/mol. The third-order valence-electron chi connectivity index (χ3n) is 3.91. The second-order valence-corrected chi connectivity index (χ2v) is 4.82. The maximum absolute atomic E-state index is 12.4. The van der Waals surface area contributed by atoms with Crippen molar-refractivity contribution in [3.63, 3.8) is 0 Å². The number of carbonyl (C=O) groups excluding carboxylic acids is 2. The molecule has 5 heteroatoms. The lowest BCUT2D eigenvalue weighted by atomic mass is 9.88. The summed E-state index contributed by atoms with van der Waals surface area (Å²) in [6.07, 6.45) is -0.140. The van der Waals surface area contributed by atoms with Crippen LogP contribution in [0.5, 0.6) is 0 Å². The van der Waals surface area contributed by atoms with Crippen LogP contribution in [0, 0.1) is 0 Å². The predicted octanol–water partition coefficient (Wildman–Crippen LogP) is 1.01. The topological polar surface area (TPSA) is 66.8 Å². The standard InChI is InChI=1S/C14H15NO4/c1-2-19-13(18)14-8-7-11(16)15(14)12(17)9-5-3-4-6-10(9)14/h3-6,11,16H,2,7-8H2,1H3. The number of amides is 1. The van der Waals surface area contributed by atoms with Crippen molar-refractivity contribution in [1.82, 2.24) is 4.90 Å². The quantitative estimate of drug-likeness (QED) is 0.807. The Kier molecular flexibility index (Phi) is 2.60. The van der Waals surface area contributed by atoms with Crippen LogP contribution < -0.4 is 0 Å². The van der Waals surface area contributed by atoms with E-state index in [1.807, 2.05) is 0 Å². The molecule has 2 atom stereocenters. The fraction of sp³-hybridized carbons (Fsp3) is 0.429. The van der Waals surface area contributed by atoms with Gasteiger partial charge in [0.05, 0.1) is 6.61 Å². The highest BCUT2D eigenvalue weighted by Gasteiger charge is 2.61. The maximum atomic E-state index is 12.4. The minimum atomic E-state index is -1.14. The van der Waals surface area contributed by atoms with E-state index < -0.39 is 17.7 Å². The Bertz CT molecular complexity index is 556. The first-order valence-electron chi connectivity index (χ1n) is 6.41. The Labute approximate surface area is 110 Å². The largest absolute Gasteiger partial charge is 0.464 e. The van der Waals surface area contributed by atoms with E-state index in [4.69, 9.17) is 4.74 Å². The SMILES string of the molecule is CCOC(=O)C12CCC(O)N1C(=O)c1ccccc12. The molecule has 1 aromatic rings. The third kappa shape index (κ3) is 1.39. The number of esters is 1. The summed E-state index contributed by atoms with van der Waals surface area (Å²) in [4.78, 5) is 26.0. The molecule has 1 aromatic carbocycles. The smallest absolute Gasteiger partial charge is 0.336 e. The summed E-state index contributed by atoms with van der Waals surface area (Å²) >= 11 is 0. The first-order chi connectivity index (χ1) is 9.13. The van der Waals surface area contributed by atoms with E-state index in [-0.39, 0.29) is 12.5 Å². The molecule has 0 spiro atoms. The number of hydrogen-bond acceptors (Lipinski definition) is 4.